The van der Waals surface area contributed by atoms with Gasteiger partial charge in [0.2, 0.25) is 0 Å². The Morgan fingerprint density at radius 3 is 2.33 bits per heavy atom. The zero-order valence-corrected chi connectivity index (χ0v) is 11.9. The average Bonchev–Trinajstić information content (AvgIpc) is 2.36. The maximum absolute atomic E-state index is 11.9. The fourth-order valence-corrected chi connectivity index (χ4v) is 1.65. The van der Waals surface area contributed by atoms with Gasteiger partial charge in [-0.1, -0.05) is 30.3 Å². The van der Waals surface area contributed by atoms with Gasteiger partial charge in [-0.3, -0.25) is 10.5 Å². The number of likely N-dealkylation sites (N-methyl/N-ethyl adjacent to an activating group) is 1. The first-order valence-electron chi connectivity index (χ1n) is 5.59. The van der Waals surface area contributed by atoms with Crippen LogP contribution in [-0.4, -0.2) is 37.7 Å². The van der Waals surface area contributed by atoms with Gasteiger partial charge in [-0.05, 0) is 12.0 Å². The van der Waals surface area contributed by atoms with Crippen molar-refractivity contribution in [2.24, 2.45) is 5.73 Å². The Labute approximate surface area is 115 Å². The van der Waals surface area contributed by atoms with E-state index in [1.807, 2.05) is 30.3 Å². The monoisotopic (exact) mass is 272 g/mol. The van der Waals surface area contributed by atoms with Crippen LogP contribution in [-0.2, 0) is 16.0 Å². The molecule has 1 unspecified atom stereocenters. The highest BCUT2D eigenvalue weighted by Crippen LogP contribution is 2.15. The minimum atomic E-state index is -1.24. The lowest BCUT2D eigenvalue weighted by atomic mass is 10.0. The molecule has 5 heteroatoms. The van der Waals surface area contributed by atoms with Crippen LogP contribution < -0.4 is 5.73 Å². The van der Waals surface area contributed by atoms with Crippen LogP contribution in [0.25, 0.3) is 0 Å². The number of carbonyl (C=O) groups excluding carboxylic acids is 1. The Kier molecular flexibility index (Phi) is 6.91. The first-order valence-corrected chi connectivity index (χ1v) is 5.59. The Balaban J connectivity index is 0.00000289. The number of benzene rings is 1. The van der Waals surface area contributed by atoms with Crippen LogP contribution in [0.5, 0.6) is 0 Å². The van der Waals surface area contributed by atoms with Gasteiger partial charge in [0.15, 0.2) is 5.72 Å². The predicted octanol–water partition coefficient (Wildman–Crippen LogP) is 1.43. The van der Waals surface area contributed by atoms with Gasteiger partial charge in [0.05, 0.1) is 0 Å². The molecular weight excluding hydrogens is 252 g/mol. The molecule has 4 nitrogen and oxygen atoms in total. The van der Waals surface area contributed by atoms with E-state index in [1.54, 1.807) is 14.1 Å². The van der Waals surface area contributed by atoms with E-state index in [2.05, 4.69) is 0 Å². The Morgan fingerprint density at radius 2 is 1.89 bits per heavy atom. The third-order valence-corrected chi connectivity index (χ3v) is 2.76. The fraction of sp³-hybridized carbons (Fsp3) is 0.462. The molecule has 0 saturated heterocycles. The number of halogens is 1. The smallest absolute Gasteiger partial charge is 0.269 e. The van der Waals surface area contributed by atoms with E-state index in [9.17, 15) is 4.79 Å². The van der Waals surface area contributed by atoms with E-state index in [1.165, 1.54) is 12.0 Å². The number of aryl methyl sites for hydroxylation is 1. The summed E-state index contributed by atoms with van der Waals surface area (Å²) in [4.78, 5) is 13.3. The first kappa shape index (κ1) is 16.9. The number of hydrogen-bond acceptors (Lipinski definition) is 3. The lowest BCUT2D eigenvalue weighted by Gasteiger charge is -2.29. The molecule has 1 aromatic rings. The molecule has 2 N–H and O–H groups in total. The standard InChI is InChI=1S/C13H20N2O2.ClH/c1-15(2)12(16)13(14,17-3)10-9-11-7-5-4-6-8-11;/h4-8H,9-10,14H2,1-3H3;1H. The van der Waals surface area contributed by atoms with Crippen LogP contribution in [0.4, 0.5) is 0 Å². The zero-order valence-electron chi connectivity index (χ0n) is 11.1. The molecule has 0 saturated carbocycles. The van der Waals surface area contributed by atoms with Gasteiger partial charge in [-0.15, -0.1) is 12.4 Å². The van der Waals surface area contributed by atoms with Crippen molar-refractivity contribution in [1.82, 2.24) is 4.90 Å². The Hall–Kier alpha value is -1.10. The number of methoxy groups -OCH3 is 1. The fourth-order valence-electron chi connectivity index (χ4n) is 1.65. The predicted molar refractivity (Wildman–Crippen MR) is 74.6 cm³/mol. The quantitative estimate of drug-likeness (QED) is 0.825. The normalized spacial score (nSPS) is 13.3. The van der Waals surface area contributed by atoms with Gasteiger partial charge in [0, 0.05) is 27.6 Å². The second-order valence-electron chi connectivity index (χ2n) is 4.28. The Bertz CT molecular complexity index is 371. The summed E-state index contributed by atoms with van der Waals surface area (Å²) in [6.45, 7) is 0. The molecule has 0 heterocycles. The second kappa shape index (κ2) is 7.36. The molecule has 0 aromatic heterocycles. The van der Waals surface area contributed by atoms with Gasteiger partial charge in [-0.25, -0.2) is 0 Å². The summed E-state index contributed by atoms with van der Waals surface area (Å²) >= 11 is 0. The molecule has 1 atom stereocenters. The van der Waals surface area contributed by atoms with Gasteiger partial charge in [0.25, 0.3) is 5.91 Å². The zero-order chi connectivity index (χ0) is 12.9. The molecule has 0 fully saturated rings. The molecule has 0 aliphatic carbocycles. The van der Waals surface area contributed by atoms with Crippen LogP contribution in [0, 0.1) is 0 Å². The largest absolute Gasteiger partial charge is 0.355 e. The molecule has 1 rings (SSSR count). The summed E-state index contributed by atoms with van der Waals surface area (Å²) in [5.41, 5.74) is 5.88. The van der Waals surface area contributed by atoms with Crippen molar-refractivity contribution in [3.63, 3.8) is 0 Å². The maximum Gasteiger partial charge on any atom is 0.269 e. The van der Waals surface area contributed by atoms with Crippen LogP contribution in [0.3, 0.4) is 0 Å². The number of hydrogen-bond donors (Lipinski definition) is 1. The van der Waals surface area contributed by atoms with Crippen molar-refractivity contribution in [1.29, 1.82) is 0 Å². The van der Waals surface area contributed by atoms with Gasteiger partial charge in [-0.2, -0.15) is 0 Å². The highest BCUT2D eigenvalue weighted by atomic mass is 35.5. The van der Waals surface area contributed by atoms with Crippen molar-refractivity contribution in [2.45, 2.75) is 18.6 Å². The second-order valence-corrected chi connectivity index (χ2v) is 4.28. The SMILES string of the molecule is COC(N)(CCc1ccccc1)C(=O)N(C)C.Cl. The van der Waals surface area contributed by atoms with Crippen molar-refractivity contribution in [3.8, 4) is 0 Å². The number of rotatable bonds is 5. The molecule has 18 heavy (non-hydrogen) atoms. The highest BCUT2D eigenvalue weighted by Gasteiger charge is 2.34. The minimum absolute atomic E-state index is 0. The van der Waals surface area contributed by atoms with Crippen molar-refractivity contribution < 1.29 is 9.53 Å². The maximum atomic E-state index is 11.9. The van der Waals surface area contributed by atoms with Crippen LogP contribution in [0.2, 0.25) is 0 Å². The third-order valence-electron chi connectivity index (χ3n) is 2.76. The summed E-state index contributed by atoms with van der Waals surface area (Å²) < 4.78 is 5.17. The molecule has 102 valence electrons. The number of amides is 1. The molecule has 1 aromatic carbocycles. The molecule has 0 spiro atoms. The van der Waals surface area contributed by atoms with E-state index in [0.29, 0.717) is 12.8 Å². The summed E-state index contributed by atoms with van der Waals surface area (Å²) in [6.07, 6.45) is 1.18. The number of ether oxygens (including phenoxy) is 1. The van der Waals surface area contributed by atoms with E-state index >= 15 is 0 Å². The molecule has 0 bridgehead atoms. The lowest BCUT2D eigenvalue weighted by molar-refractivity contribution is -0.152. The number of carbonyl (C=O) groups is 1. The molecule has 1 amide bonds. The summed E-state index contributed by atoms with van der Waals surface area (Å²) in [5.74, 6) is -0.212. The molecule has 0 radical (unpaired) electrons. The summed E-state index contributed by atoms with van der Waals surface area (Å²) in [7, 11) is 4.81. The molecular formula is C13H21ClN2O2. The highest BCUT2D eigenvalue weighted by molar-refractivity contribution is 5.85. The van der Waals surface area contributed by atoms with Crippen LogP contribution in [0.1, 0.15) is 12.0 Å². The molecule has 0 aliphatic rings. The van der Waals surface area contributed by atoms with Crippen molar-refractivity contribution in [3.05, 3.63) is 35.9 Å². The van der Waals surface area contributed by atoms with Gasteiger partial charge in [0.1, 0.15) is 0 Å². The minimum Gasteiger partial charge on any atom is -0.355 e. The lowest BCUT2D eigenvalue weighted by Crippen LogP contribution is -2.55. The topological polar surface area (TPSA) is 55.6 Å². The van der Waals surface area contributed by atoms with Gasteiger partial charge < -0.3 is 9.64 Å². The van der Waals surface area contributed by atoms with Crippen molar-refractivity contribution >= 4 is 18.3 Å². The first-order chi connectivity index (χ1) is 7.99. The van der Waals surface area contributed by atoms with E-state index in [4.69, 9.17) is 10.5 Å². The number of nitrogens with two attached hydrogens (primary N) is 1. The van der Waals surface area contributed by atoms with Crippen LogP contribution >= 0.6 is 12.4 Å². The Morgan fingerprint density at radius 1 is 1.33 bits per heavy atom. The van der Waals surface area contributed by atoms with Crippen LogP contribution in [0.15, 0.2) is 30.3 Å². The van der Waals surface area contributed by atoms with E-state index < -0.39 is 5.72 Å². The average molecular weight is 273 g/mol. The van der Waals surface area contributed by atoms with Crippen molar-refractivity contribution in [2.75, 3.05) is 21.2 Å². The summed E-state index contributed by atoms with van der Waals surface area (Å²) in [6, 6.07) is 9.91. The third kappa shape index (κ3) is 4.29. The number of nitrogens with zero attached hydrogens (tertiary/aromatic N) is 1. The summed E-state index contributed by atoms with van der Waals surface area (Å²) in [5, 5.41) is 0. The van der Waals surface area contributed by atoms with E-state index in [-0.39, 0.29) is 18.3 Å². The molecule has 0 aliphatic heterocycles. The van der Waals surface area contributed by atoms with E-state index in [0.717, 1.165) is 5.56 Å². The van der Waals surface area contributed by atoms with Gasteiger partial charge >= 0.3 is 0 Å².